The van der Waals surface area contributed by atoms with Crippen LogP contribution in [0, 0.1) is 0 Å². The highest BCUT2D eigenvalue weighted by Crippen LogP contribution is 2.44. The molecule has 1 unspecified atom stereocenters. The normalized spacial score (nSPS) is 16.7. The predicted octanol–water partition coefficient (Wildman–Crippen LogP) is 5.50. The van der Waals surface area contributed by atoms with E-state index in [-0.39, 0.29) is 6.17 Å². The monoisotopic (exact) mass is 300 g/mol. The molecule has 0 saturated carbocycles. The molecule has 0 bridgehead atoms. The van der Waals surface area contributed by atoms with Crippen LogP contribution in [0.5, 0.6) is 0 Å². The highest BCUT2D eigenvalue weighted by molar-refractivity contribution is 6.10. The average Bonchev–Trinajstić information content (AvgIpc) is 3.11. The summed E-state index contributed by atoms with van der Waals surface area (Å²) in [6.07, 6.45) is 0.186. The van der Waals surface area contributed by atoms with Gasteiger partial charge in [0.2, 0.25) is 0 Å². The quantitative estimate of drug-likeness (QED) is 0.503. The van der Waals surface area contributed by atoms with E-state index in [2.05, 4.69) is 71.7 Å². The lowest BCUT2D eigenvalue weighted by atomic mass is 10.1. The number of benzene rings is 3. The number of rotatable bonds is 1. The fourth-order valence-electron chi connectivity index (χ4n) is 3.56. The maximum absolute atomic E-state index is 6.19. The Labute approximate surface area is 134 Å². The molecule has 4 aromatic rings. The van der Waals surface area contributed by atoms with Crippen molar-refractivity contribution in [2.24, 2.45) is 0 Å². The maximum atomic E-state index is 6.19. The molecule has 1 atom stereocenters. The van der Waals surface area contributed by atoms with Gasteiger partial charge in [-0.05, 0) is 31.2 Å². The Morgan fingerprint density at radius 2 is 1.57 bits per heavy atom. The van der Waals surface area contributed by atoms with E-state index in [1.165, 1.54) is 5.69 Å². The zero-order valence-corrected chi connectivity index (χ0v) is 12.8. The number of fused-ring (bicyclic) bond motifs is 4. The fraction of sp³-hybridized carbons (Fsp3) is 0.100. The van der Waals surface area contributed by atoms with Crippen molar-refractivity contribution < 1.29 is 4.42 Å². The lowest BCUT2D eigenvalue weighted by molar-refractivity contribution is 0.666. The van der Waals surface area contributed by atoms with E-state index in [1.54, 1.807) is 0 Å². The molecule has 112 valence electrons. The molecule has 3 heteroatoms. The molecule has 0 spiro atoms. The molecule has 23 heavy (non-hydrogen) atoms. The van der Waals surface area contributed by atoms with Gasteiger partial charge in [0.25, 0.3) is 0 Å². The summed E-state index contributed by atoms with van der Waals surface area (Å²) >= 11 is 0. The molecule has 0 aliphatic carbocycles. The molecule has 1 N–H and O–H groups in total. The summed E-state index contributed by atoms with van der Waals surface area (Å²) in [6, 6.07) is 23.0. The van der Waals surface area contributed by atoms with Crippen LogP contribution in [0.15, 0.2) is 71.1 Å². The van der Waals surface area contributed by atoms with Gasteiger partial charge in [0, 0.05) is 10.8 Å². The lowest BCUT2D eigenvalue weighted by Crippen LogP contribution is -2.28. The van der Waals surface area contributed by atoms with Crippen molar-refractivity contribution in [1.82, 2.24) is 0 Å². The molecule has 0 amide bonds. The SMILES string of the molecule is CC1Nc2ccccc2N1c1cccc2c1oc1ccccc12. The number of nitrogens with one attached hydrogen (secondary N) is 1. The van der Waals surface area contributed by atoms with Crippen molar-refractivity contribution in [3.63, 3.8) is 0 Å². The van der Waals surface area contributed by atoms with Crippen LogP contribution in [0.3, 0.4) is 0 Å². The number of hydrogen-bond acceptors (Lipinski definition) is 3. The van der Waals surface area contributed by atoms with Crippen molar-refractivity contribution in [3.05, 3.63) is 66.7 Å². The van der Waals surface area contributed by atoms with Crippen LogP contribution in [0.25, 0.3) is 21.9 Å². The average molecular weight is 300 g/mol. The standard InChI is InChI=1S/C20H16N2O/c1-13-21-16-9-3-4-10-17(16)22(13)18-11-6-8-15-14-7-2-5-12-19(14)23-20(15)18/h2-13,21H,1H3. The Balaban J connectivity index is 1.81. The summed E-state index contributed by atoms with van der Waals surface area (Å²) in [5, 5.41) is 5.85. The zero-order valence-electron chi connectivity index (χ0n) is 12.8. The third-order valence-corrected chi connectivity index (χ3v) is 4.56. The number of para-hydroxylation sites is 4. The van der Waals surface area contributed by atoms with Crippen LogP contribution in [0.1, 0.15) is 6.92 Å². The van der Waals surface area contributed by atoms with E-state index in [0.29, 0.717) is 0 Å². The third kappa shape index (κ3) is 1.70. The van der Waals surface area contributed by atoms with Crippen LogP contribution in [0.4, 0.5) is 17.1 Å². The van der Waals surface area contributed by atoms with Crippen LogP contribution in [-0.4, -0.2) is 6.17 Å². The van der Waals surface area contributed by atoms with Crippen molar-refractivity contribution in [2.75, 3.05) is 10.2 Å². The van der Waals surface area contributed by atoms with E-state index >= 15 is 0 Å². The second-order valence-corrected chi connectivity index (χ2v) is 5.96. The molecule has 5 rings (SSSR count). The van der Waals surface area contributed by atoms with Crippen molar-refractivity contribution in [3.8, 4) is 0 Å². The molecular formula is C20H16N2O. The van der Waals surface area contributed by atoms with Crippen molar-refractivity contribution in [2.45, 2.75) is 13.1 Å². The van der Waals surface area contributed by atoms with Gasteiger partial charge < -0.3 is 14.6 Å². The molecule has 0 fully saturated rings. The summed E-state index contributed by atoms with van der Waals surface area (Å²) in [7, 11) is 0. The molecule has 0 radical (unpaired) electrons. The van der Waals surface area contributed by atoms with Crippen LogP contribution in [0.2, 0.25) is 0 Å². The van der Waals surface area contributed by atoms with Gasteiger partial charge >= 0.3 is 0 Å². The largest absolute Gasteiger partial charge is 0.454 e. The Hall–Kier alpha value is -2.94. The first-order valence-electron chi connectivity index (χ1n) is 7.88. The first kappa shape index (κ1) is 12.6. The van der Waals surface area contributed by atoms with Gasteiger partial charge in [-0.25, -0.2) is 0 Å². The Kier molecular flexibility index (Phi) is 2.48. The van der Waals surface area contributed by atoms with Crippen molar-refractivity contribution >= 4 is 39.0 Å². The van der Waals surface area contributed by atoms with E-state index in [0.717, 1.165) is 33.3 Å². The molecule has 2 heterocycles. The number of nitrogens with zero attached hydrogens (tertiary/aromatic N) is 1. The minimum absolute atomic E-state index is 0.186. The molecule has 3 aromatic carbocycles. The first-order chi connectivity index (χ1) is 11.3. The fourth-order valence-corrected chi connectivity index (χ4v) is 3.56. The van der Waals surface area contributed by atoms with Crippen LogP contribution in [-0.2, 0) is 0 Å². The van der Waals surface area contributed by atoms with Crippen LogP contribution < -0.4 is 10.2 Å². The summed E-state index contributed by atoms with van der Waals surface area (Å²) in [4.78, 5) is 2.31. The van der Waals surface area contributed by atoms with Gasteiger partial charge in [0.05, 0.1) is 17.1 Å². The minimum Gasteiger partial charge on any atom is -0.454 e. The van der Waals surface area contributed by atoms with Gasteiger partial charge in [0.1, 0.15) is 11.7 Å². The number of hydrogen-bond donors (Lipinski definition) is 1. The van der Waals surface area contributed by atoms with Gasteiger partial charge in [-0.1, -0.05) is 42.5 Å². The van der Waals surface area contributed by atoms with E-state index in [9.17, 15) is 0 Å². The molecule has 0 saturated heterocycles. The second kappa shape index (κ2) is 4.53. The Bertz CT molecular complexity index is 1030. The zero-order chi connectivity index (χ0) is 15.4. The molecule has 1 aromatic heterocycles. The predicted molar refractivity (Wildman–Crippen MR) is 95.4 cm³/mol. The van der Waals surface area contributed by atoms with Crippen LogP contribution >= 0.6 is 0 Å². The van der Waals surface area contributed by atoms with E-state index in [4.69, 9.17) is 4.42 Å². The van der Waals surface area contributed by atoms with Gasteiger partial charge in [0.15, 0.2) is 5.58 Å². The summed E-state index contributed by atoms with van der Waals surface area (Å²) < 4.78 is 6.19. The molecule has 1 aliphatic rings. The highest BCUT2D eigenvalue weighted by atomic mass is 16.3. The van der Waals surface area contributed by atoms with Gasteiger partial charge in [-0.15, -0.1) is 0 Å². The first-order valence-corrected chi connectivity index (χ1v) is 7.88. The minimum atomic E-state index is 0.186. The third-order valence-electron chi connectivity index (χ3n) is 4.56. The Morgan fingerprint density at radius 3 is 2.52 bits per heavy atom. The molecule has 1 aliphatic heterocycles. The Morgan fingerprint density at radius 1 is 0.826 bits per heavy atom. The van der Waals surface area contributed by atoms with Gasteiger partial charge in [-0.3, -0.25) is 0 Å². The van der Waals surface area contributed by atoms with E-state index < -0.39 is 0 Å². The van der Waals surface area contributed by atoms with Crippen molar-refractivity contribution in [1.29, 1.82) is 0 Å². The second-order valence-electron chi connectivity index (χ2n) is 5.96. The lowest BCUT2D eigenvalue weighted by Gasteiger charge is -2.24. The highest BCUT2D eigenvalue weighted by Gasteiger charge is 2.28. The summed E-state index contributed by atoms with van der Waals surface area (Å²) in [5.74, 6) is 0. The number of anilines is 3. The van der Waals surface area contributed by atoms with Gasteiger partial charge in [-0.2, -0.15) is 0 Å². The number of furan rings is 1. The van der Waals surface area contributed by atoms with E-state index in [1.807, 2.05) is 12.1 Å². The summed E-state index contributed by atoms with van der Waals surface area (Å²) in [5.41, 5.74) is 5.33. The maximum Gasteiger partial charge on any atom is 0.159 e. The molecular weight excluding hydrogens is 284 g/mol. The summed E-state index contributed by atoms with van der Waals surface area (Å²) in [6.45, 7) is 2.17. The topological polar surface area (TPSA) is 28.4 Å². The molecule has 3 nitrogen and oxygen atoms in total. The smallest absolute Gasteiger partial charge is 0.159 e.